The van der Waals surface area contributed by atoms with Gasteiger partial charge in [0, 0.05) is 13.1 Å². The second-order valence-corrected chi connectivity index (χ2v) is 5.03. The normalized spacial score (nSPS) is 35.4. The van der Waals surface area contributed by atoms with E-state index in [4.69, 9.17) is 0 Å². The molecule has 3 atom stereocenters. The Morgan fingerprint density at radius 2 is 2.31 bits per heavy atom. The van der Waals surface area contributed by atoms with Crippen LogP contribution in [0.3, 0.4) is 0 Å². The fourth-order valence-electron chi connectivity index (χ4n) is 2.72. The molecule has 1 amide bonds. The number of nitrogens with one attached hydrogen (secondary N) is 1. The van der Waals surface area contributed by atoms with Gasteiger partial charge in [0.05, 0.1) is 12.1 Å². The van der Waals surface area contributed by atoms with Gasteiger partial charge in [0.2, 0.25) is 5.91 Å². The number of piperidine rings is 1. The fraction of sp³-hybridized carbons (Fsp3) is 0.917. The van der Waals surface area contributed by atoms with E-state index in [2.05, 4.69) is 12.2 Å². The highest BCUT2D eigenvalue weighted by Gasteiger charge is 2.32. The molecule has 0 bridgehead atoms. The predicted octanol–water partition coefficient (Wildman–Crippen LogP) is 0.358. The number of rotatable bonds is 2. The Morgan fingerprint density at radius 1 is 1.50 bits per heavy atom. The second kappa shape index (κ2) is 5.15. The molecule has 2 rings (SSSR count). The molecule has 0 aromatic heterocycles. The molecule has 16 heavy (non-hydrogen) atoms. The maximum absolute atomic E-state index is 12.2. The first kappa shape index (κ1) is 11.9. The summed E-state index contributed by atoms with van der Waals surface area (Å²) in [6, 6.07) is -0.0102. The summed E-state index contributed by atoms with van der Waals surface area (Å²) in [6.45, 7) is 4.38. The largest absolute Gasteiger partial charge is 0.391 e. The molecule has 2 aliphatic rings. The topological polar surface area (TPSA) is 52.6 Å². The summed E-state index contributed by atoms with van der Waals surface area (Å²) in [5.41, 5.74) is 0. The minimum atomic E-state index is -0.311. The minimum absolute atomic E-state index is 0.0102. The van der Waals surface area contributed by atoms with Crippen molar-refractivity contribution in [1.82, 2.24) is 10.2 Å². The molecule has 2 aliphatic heterocycles. The van der Waals surface area contributed by atoms with Gasteiger partial charge in [0.1, 0.15) is 0 Å². The van der Waals surface area contributed by atoms with Crippen LogP contribution in [0.15, 0.2) is 0 Å². The molecular weight excluding hydrogens is 204 g/mol. The van der Waals surface area contributed by atoms with Gasteiger partial charge in [-0.1, -0.05) is 13.3 Å². The summed E-state index contributed by atoms with van der Waals surface area (Å²) < 4.78 is 0. The van der Waals surface area contributed by atoms with Crippen molar-refractivity contribution in [3.05, 3.63) is 0 Å². The number of likely N-dealkylation sites (tertiary alicyclic amines) is 1. The Labute approximate surface area is 97.0 Å². The van der Waals surface area contributed by atoms with Crippen LogP contribution in [-0.2, 0) is 4.79 Å². The van der Waals surface area contributed by atoms with Crippen LogP contribution >= 0.6 is 0 Å². The molecule has 2 unspecified atom stereocenters. The summed E-state index contributed by atoms with van der Waals surface area (Å²) in [4.78, 5) is 14.0. The molecule has 4 nitrogen and oxygen atoms in total. The monoisotopic (exact) mass is 226 g/mol. The van der Waals surface area contributed by atoms with E-state index in [0.717, 1.165) is 32.4 Å². The van der Waals surface area contributed by atoms with E-state index in [1.165, 1.54) is 6.42 Å². The lowest BCUT2D eigenvalue weighted by atomic mass is 9.90. The molecule has 2 fully saturated rings. The minimum Gasteiger partial charge on any atom is -0.391 e. The molecular formula is C12H22N2O2. The van der Waals surface area contributed by atoms with Crippen molar-refractivity contribution in [1.29, 1.82) is 0 Å². The molecule has 0 aliphatic carbocycles. The van der Waals surface area contributed by atoms with Crippen molar-refractivity contribution in [2.24, 2.45) is 5.92 Å². The number of aliphatic hydroxyl groups is 1. The summed E-state index contributed by atoms with van der Waals surface area (Å²) >= 11 is 0. The number of hydrogen-bond acceptors (Lipinski definition) is 3. The highest BCUT2D eigenvalue weighted by Crippen LogP contribution is 2.21. The molecule has 2 heterocycles. The Morgan fingerprint density at radius 3 is 2.94 bits per heavy atom. The van der Waals surface area contributed by atoms with Crippen LogP contribution in [0, 0.1) is 5.92 Å². The maximum Gasteiger partial charge on any atom is 0.239 e. The quantitative estimate of drug-likeness (QED) is 0.715. The lowest BCUT2D eigenvalue weighted by Crippen LogP contribution is -2.49. The van der Waals surface area contributed by atoms with Crippen LogP contribution in [-0.4, -0.2) is 47.7 Å². The van der Waals surface area contributed by atoms with E-state index < -0.39 is 0 Å². The molecule has 0 radical (unpaired) electrons. The Bertz CT molecular complexity index is 257. The number of carbonyl (C=O) groups is 1. The van der Waals surface area contributed by atoms with Crippen LogP contribution in [0.2, 0.25) is 0 Å². The summed E-state index contributed by atoms with van der Waals surface area (Å²) in [7, 11) is 0. The second-order valence-electron chi connectivity index (χ2n) is 5.03. The van der Waals surface area contributed by atoms with E-state index in [0.29, 0.717) is 12.5 Å². The lowest BCUT2D eigenvalue weighted by Gasteiger charge is -2.31. The van der Waals surface area contributed by atoms with Gasteiger partial charge in [-0.2, -0.15) is 0 Å². The first-order valence-corrected chi connectivity index (χ1v) is 6.41. The summed E-state index contributed by atoms with van der Waals surface area (Å²) in [6.07, 6.45) is 3.73. The number of nitrogens with zero attached hydrogens (tertiary/aromatic N) is 1. The number of carbonyl (C=O) groups excluding carboxylic acids is 1. The number of β-amino-alcohol motifs (C(OH)–C–C–N with tert-alkyl or cyclic N) is 1. The first-order chi connectivity index (χ1) is 7.70. The molecule has 0 saturated carbocycles. The van der Waals surface area contributed by atoms with Crippen molar-refractivity contribution in [3.63, 3.8) is 0 Å². The summed E-state index contributed by atoms with van der Waals surface area (Å²) in [5.74, 6) is 0.873. The van der Waals surface area contributed by atoms with Gasteiger partial charge in [-0.05, 0) is 31.7 Å². The molecule has 0 aromatic rings. The lowest BCUT2D eigenvalue weighted by molar-refractivity contribution is -0.133. The van der Waals surface area contributed by atoms with Crippen LogP contribution in [0.1, 0.15) is 32.6 Å². The Balaban J connectivity index is 1.89. The van der Waals surface area contributed by atoms with Gasteiger partial charge in [-0.15, -0.1) is 0 Å². The van der Waals surface area contributed by atoms with E-state index in [9.17, 15) is 9.90 Å². The smallest absolute Gasteiger partial charge is 0.239 e. The Kier molecular flexibility index (Phi) is 3.82. The van der Waals surface area contributed by atoms with Gasteiger partial charge in [0.15, 0.2) is 0 Å². The van der Waals surface area contributed by atoms with Gasteiger partial charge in [-0.3, -0.25) is 4.79 Å². The van der Waals surface area contributed by atoms with Crippen molar-refractivity contribution in [2.45, 2.75) is 44.8 Å². The van der Waals surface area contributed by atoms with Gasteiger partial charge in [-0.25, -0.2) is 0 Å². The highest BCUT2D eigenvalue weighted by molar-refractivity contribution is 5.82. The zero-order valence-electron chi connectivity index (χ0n) is 9.98. The third-order valence-corrected chi connectivity index (χ3v) is 3.86. The highest BCUT2D eigenvalue weighted by atomic mass is 16.3. The standard InChI is InChI=1S/C12H22N2O2/c1-2-9-3-5-13-11(7-9)12(16)14-6-4-10(15)8-14/h9-11,13,15H,2-8H2,1H3/t9?,10-,11?/m0/s1. The summed E-state index contributed by atoms with van der Waals surface area (Å²) in [5, 5.41) is 12.7. The molecule has 4 heteroatoms. The SMILES string of the molecule is CCC1CCNC(C(=O)N2CC[C@H](O)C2)C1. The van der Waals surface area contributed by atoms with E-state index in [1.807, 2.05) is 0 Å². The number of amides is 1. The Hall–Kier alpha value is -0.610. The predicted molar refractivity (Wildman–Crippen MR) is 62.0 cm³/mol. The van der Waals surface area contributed by atoms with E-state index >= 15 is 0 Å². The van der Waals surface area contributed by atoms with E-state index in [1.54, 1.807) is 4.90 Å². The molecule has 92 valence electrons. The molecule has 0 aromatic carbocycles. The van der Waals surface area contributed by atoms with Crippen LogP contribution in [0.5, 0.6) is 0 Å². The number of hydrogen-bond donors (Lipinski definition) is 2. The molecule has 2 saturated heterocycles. The number of aliphatic hydroxyl groups excluding tert-OH is 1. The first-order valence-electron chi connectivity index (χ1n) is 6.41. The molecule has 2 N–H and O–H groups in total. The van der Waals surface area contributed by atoms with Gasteiger partial charge in [0.25, 0.3) is 0 Å². The van der Waals surface area contributed by atoms with Crippen molar-refractivity contribution >= 4 is 5.91 Å². The maximum atomic E-state index is 12.2. The van der Waals surface area contributed by atoms with Crippen molar-refractivity contribution < 1.29 is 9.90 Å². The average Bonchev–Trinajstić information content (AvgIpc) is 2.75. The third kappa shape index (κ3) is 2.55. The van der Waals surface area contributed by atoms with E-state index in [-0.39, 0.29) is 18.1 Å². The average molecular weight is 226 g/mol. The third-order valence-electron chi connectivity index (χ3n) is 3.86. The van der Waals surface area contributed by atoms with Gasteiger partial charge < -0.3 is 15.3 Å². The van der Waals surface area contributed by atoms with Crippen LogP contribution in [0.25, 0.3) is 0 Å². The zero-order chi connectivity index (χ0) is 11.5. The van der Waals surface area contributed by atoms with Gasteiger partial charge >= 0.3 is 0 Å². The molecule has 0 spiro atoms. The zero-order valence-corrected chi connectivity index (χ0v) is 9.98. The van der Waals surface area contributed by atoms with Crippen molar-refractivity contribution in [3.8, 4) is 0 Å². The fourth-order valence-corrected chi connectivity index (χ4v) is 2.72. The van der Waals surface area contributed by atoms with Crippen molar-refractivity contribution in [2.75, 3.05) is 19.6 Å². The van der Waals surface area contributed by atoms with Crippen LogP contribution in [0.4, 0.5) is 0 Å². The van der Waals surface area contributed by atoms with Crippen LogP contribution < -0.4 is 5.32 Å².